The molecular formula is C17H21FN6O2S. The lowest BCUT2D eigenvalue weighted by atomic mass is 10.1. The van der Waals surface area contributed by atoms with Crippen LogP contribution in [0.4, 0.5) is 10.1 Å². The van der Waals surface area contributed by atoms with Crippen LogP contribution in [0.2, 0.25) is 0 Å². The molecule has 2 rings (SSSR count). The lowest BCUT2D eigenvalue weighted by Crippen LogP contribution is -2.37. The number of nitriles is 1. The maximum absolute atomic E-state index is 13.4. The van der Waals surface area contributed by atoms with Crippen molar-refractivity contribution >= 4 is 21.3 Å². The van der Waals surface area contributed by atoms with Crippen molar-refractivity contribution in [2.75, 3.05) is 23.5 Å². The molecule has 0 spiro atoms. The molecule has 0 radical (unpaired) electrons. The summed E-state index contributed by atoms with van der Waals surface area (Å²) >= 11 is 0. The molecule has 144 valence electrons. The predicted octanol–water partition coefficient (Wildman–Crippen LogP) is 2.28. The molecule has 0 fully saturated rings. The van der Waals surface area contributed by atoms with Gasteiger partial charge in [-0.2, -0.15) is 10.4 Å². The van der Waals surface area contributed by atoms with E-state index in [0.717, 1.165) is 6.20 Å². The third kappa shape index (κ3) is 4.89. The molecule has 2 aromatic rings. The smallest absolute Gasteiger partial charge is 0.230 e. The van der Waals surface area contributed by atoms with Crippen molar-refractivity contribution in [1.29, 1.82) is 5.26 Å². The van der Waals surface area contributed by atoms with Gasteiger partial charge < -0.3 is 4.90 Å². The summed E-state index contributed by atoms with van der Waals surface area (Å²) in [6.45, 7) is 5.58. The van der Waals surface area contributed by atoms with Crippen molar-refractivity contribution < 1.29 is 13.4 Å². The molecule has 0 aliphatic heterocycles. The average Bonchev–Trinajstić information content (AvgIpc) is 2.96. The second-order valence-corrected chi connectivity index (χ2v) is 8.64. The summed E-state index contributed by atoms with van der Waals surface area (Å²) in [5.74, 6) is -1.35. The van der Waals surface area contributed by atoms with Gasteiger partial charge in [-0.1, -0.05) is 6.92 Å². The summed E-state index contributed by atoms with van der Waals surface area (Å²) in [7, 11) is -2.76. The van der Waals surface area contributed by atoms with Crippen LogP contribution in [0, 0.1) is 30.1 Å². The van der Waals surface area contributed by atoms with Gasteiger partial charge in [0, 0.05) is 30.5 Å². The minimum Gasteiger partial charge on any atom is -0.309 e. The topological polar surface area (TPSA) is 104 Å². The molecule has 0 aromatic carbocycles. The first-order chi connectivity index (χ1) is 12.7. The SMILES string of the molecule is CCN(C(=O)C(C)CS(C)(=O)=NC#N)c1cn(-c2cncc(F)c2)nc1C. The second kappa shape index (κ2) is 8.26. The number of aryl methyl sites for hydroxylation is 1. The van der Waals surface area contributed by atoms with Crippen LogP contribution in [0.25, 0.3) is 5.69 Å². The van der Waals surface area contributed by atoms with E-state index in [1.54, 1.807) is 20.0 Å². The predicted molar refractivity (Wildman–Crippen MR) is 100 cm³/mol. The Morgan fingerprint density at radius 2 is 2.22 bits per heavy atom. The fourth-order valence-electron chi connectivity index (χ4n) is 2.74. The minimum atomic E-state index is -2.76. The Morgan fingerprint density at radius 1 is 1.52 bits per heavy atom. The number of rotatable bonds is 6. The number of hydrogen-bond acceptors (Lipinski definition) is 6. The Morgan fingerprint density at radius 3 is 2.81 bits per heavy atom. The Hall–Kier alpha value is -2.80. The van der Waals surface area contributed by atoms with Gasteiger partial charge in [-0.3, -0.25) is 9.78 Å². The number of anilines is 1. The van der Waals surface area contributed by atoms with Gasteiger partial charge in [-0.15, -0.1) is 4.36 Å². The first-order valence-corrected chi connectivity index (χ1v) is 10.3. The van der Waals surface area contributed by atoms with Gasteiger partial charge in [0.1, 0.15) is 5.82 Å². The van der Waals surface area contributed by atoms with Gasteiger partial charge in [0.15, 0.2) is 0 Å². The fourth-order valence-corrected chi connectivity index (χ4v) is 4.06. The summed E-state index contributed by atoms with van der Waals surface area (Å²) < 4.78 is 30.5. The highest BCUT2D eigenvalue weighted by molar-refractivity contribution is 7.93. The van der Waals surface area contributed by atoms with E-state index in [4.69, 9.17) is 5.26 Å². The molecule has 2 aromatic heterocycles. The van der Waals surface area contributed by atoms with Crippen LogP contribution >= 0.6 is 0 Å². The first kappa shape index (κ1) is 20.5. The Labute approximate surface area is 157 Å². The van der Waals surface area contributed by atoms with Crippen LogP contribution in [0.3, 0.4) is 0 Å². The molecule has 0 N–H and O–H groups in total. The quantitative estimate of drug-likeness (QED) is 0.702. The number of carbonyl (C=O) groups is 1. The zero-order valence-electron chi connectivity index (χ0n) is 15.6. The monoisotopic (exact) mass is 392 g/mol. The molecule has 2 unspecified atom stereocenters. The molecule has 27 heavy (non-hydrogen) atoms. The maximum Gasteiger partial charge on any atom is 0.230 e. The minimum absolute atomic E-state index is 0.0170. The molecular weight excluding hydrogens is 371 g/mol. The van der Waals surface area contributed by atoms with Crippen molar-refractivity contribution in [3.8, 4) is 11.9 Å². The number of nitrogens with zero attached hydrogens (tertiary/aromatic N) is 6. The molecule has 1 amide bonds. The summed E-state index contributed by atoms with van der Waals surface area (Å²) in [6.07, 6.45) is 7.09. The lowest BCUT2D eigenvalue weighted by Gasteiger charge is -2.23. The normalized spacial score (nSPS) is 14.1. The fraction of sp³-hybridized carbons (Fsp3) is 0.412. The van der Waals surface area contributed by atoms with Crippen molar-refractivity contribution in [3.05, 3.63) is 36.2 Å². The van der Waals surface area contributed by atoms with Gasteiger partial charge in [0.25, 0.3) is 0 Å². The molecule has 2 heterocycles. The van der Waals surface area contributed by atoms with Gasteiger partial charge in [0.2, 0.25) is 12.1 Å². The lowest BCUT2D eigenvalue weighted by molar-refractivity contribution is -0.121. The van der Waals surface area contributed by atoms with Crippen LogP contribution < -0.4 is 4.90 Å². The highest BCUT2D eigenvalue weighted by Crippen LogP contribution is 2.23. The van der Waals surface area contributed by atoms with Crippen molar-refractivity contribution in [2.24, 2.45) is 10.3 Å². The zero-order valence-corrected chi connectivity index (χ0v) is 16.4. The maximum atomic E-state index is 13.4. The molecule has 2 atom stereocenters. The van der Waals surface area contributed by atoms with Crippen molar-refractivity contribution in [2.45, 2.75) is 20.8 Å². The Kier molecular flexibility index (Phi) is 6.28. The van der Waals surface area contributed by atoms with Gasteiger partial charge in [-0.05, 0) is 13.8 Å². The summed E-state index contributed by atoms with van der Waals surface area (Å²) in [5.41, 5.74) is 1.59. The number of pyridine rings is 1. The van der Waals surface area contributed by atoms with E-state index in [9.17, 15) is 13.4 Å². The number of hydrogen-bond donors (Lipinski definition) is 0. The van der Waals surface area contributed by atoms with Crippen molar-refractivity contribution in [3.63, 3.8) is 0 Å². The van der Waals surface area contributed by atoms with E-state index in [1.165, 1.54) is 34.3 Å². The third-order valence-corrected chi connectivity index (χ3v) is 5.50. The van der Waals surface area contributed by atoms with Crippen LogP contribution in [0.5, 0.6) is 0 Å². The van der Waals surface area contributed by atoms with E-state index in [0.29, 0.717) is 23.6 Å². The number of halogens is 1. The van der Waals surface area contributed by atoms with Gasteiger partial charge in [0.05, 0.1) is 45.4 Å². The molecule has 8 nitrogen and oxygen atoms in total. The van der Waals surface area contributed by atoms with Crippen LogP contribution in [0.1, 0.15) is 19.5 Å². The van der Waals surface area contributed by atoms with E-state index in [2.05, 4.69) is 14.4 Å². The van der Waals surface area contributed by atoms with E-state index >= 15 is 0 Å². The number of carbonyl (C=O) groups excluding carboxylic acids is 1. The third-order valence-electron chi connectivity index (χ3n) is 3.92. The molecule has 0 aliphatic rings. The zero-order chi connectivity index (χ0) is 20.2. The highest BCUT2D eigenvalue weighted by atomic mass is 32.2. The van der Waals surface area contributed by atoms with Crippen LogP contribution in [0.15, 0.2) is 29.0 Å². The molecule has 0 bridgehead atoms. The van der Waals surface area contributed by atoms with Crippen LogP contribution in [-0.2, 0) is 14.5 Å². The summed E-state index contributed by atoms with van der Waals surface area (Å²) in [6, 6.07) is 1.29. The van der Waals surface area contributed by atoms with E-state index < -0.39 is 21.5 Å². The van der Waals surface area contributed by atoms with Gasteiger partial charge >= 0.3 is 0 Å². The number of aromatic nitrogens is 3. The average molecular weight is 392 g/mol. The van der Waals surface area contributed by atoms with Gasteiger partial charge in [-0.25, -0.2) is 13.3 Å². The standard InChI is InChI=1S/C17H21FN6O2S/c1-5-23(17(25)12(2)10-27(4,26)21-11-19)16-9-24(22-13(16)3)15-6-14(18)7-20-8-15/h6-9,12H,5,10H2,1-4H3. The van der Waals surface area contributed by atoms with Crippen molar-refractivity contribution in [1.82, 2.24) is 14.8 Å². The number of amides is 1. The van der Waals surface area contributed by atoms with E-state index in [1.807, 2.05) is 6.92 Å². The largest absolute Gasteiger partial charge is 0.309 e. The second-order valence-electron chi connectivity index (χ2n) is 6.21. The Bertz CT molecular complexity index is 1000. The van der Waals surface area contributed by atoms with Crippen LogP contribution in [-0.4, -0.2) is 43.4 Å². The molecule has 0 aliphatic carbocycles. The molecule has 0 saturated carbocycles. The first-order valence-electron chi connectivity index (χ1n) is 8.25. The summed E-state index contributed by atoms with van der Waals surface area (Å²) in [5, 5.41) is 13.0. The summed E-state index contributed by atoms with van der Waals surface area (Å²) in [4.78, 5) is 18.2. The Balaban J connectivity index is 2.32. The molecule has 0 saturated heterocycles. The highest BCUT2D eigenvalue weighted by Gasteiger charge is 2.26. The van der Waals surface area contributed by atoms with E-state index in [-0.39, 0.29) is 11.7 Å². The molecule has 10 heteroatoms.